The number of benzene rings is 2. The second-order valence-electron chi connectivity index (χ2n) is 4.91. The molecule has 0 atom stereocenters. The highest BCUT2D eigenvalue weighted by atomic mass is 35.5. The molecule has 0 fully saturated rings. The molecule has 0 aliphatic heterocycles. The van der Waals surface area contributed by atoms with E-state index in [0.717, 1.165) is 17.5 Å². The van der Waals surface area contributed by atoms with E-state index in [1.165, 1.54) is 13.2 Å². The molecule has 0 unspecified atom stereocenters. The molecule has 0 aliphatic rings. The highest BCUT2D eigenvalue weighted by molar-refractivity contribution is 6.30. The first-order chi connectivity index (χ1) is 10.6. The van der Waals surface area contributed by atoms with Gasteiger partial charge in [0.15, 0.2) is 11.5 Å². The molecule has 0 saturated carbocycles. The summed E-state index contributed by atoms with van der Waals surface area (Å²) in [6, 6.07) is 12.4. The third-order valence-corrected chi connectivity index (χ3v) is 3.51. The minimum Gasteiger partial charge on any atom is -0.504 e. The maximum Gasteiger partial charge on any atom is 0.224 e. The van der Waals surface area contributed by atoms with Gasteiger partial charge in [-0.1, -0.05) is 29.8 Å². The van der Waals surface area contributed by atoms with Crippen molar-refractivity contribution in [1.29, 1.82) is 0 Å². The fourth-order valence-corrected chi connectivity index (χ4v) is 2.20. The number of rotatable bonds is 6. The Kier molecular flexibility index (Phi) is 5.67. The van der Waals surface area contributed by atoms with Crippen LogP contribution < -0.4 is 10.1 Å². The lowest BCUT2D eigenvalue weighted by Crippen LogP contribution is -2.27. The summed E-state index contributed by atoms with van der Waals surface area (Å²) in [6.45, 7) is 0.565. The van der Waals surface area contributed by atoms with Crippen LogP contribution in [0, 0.1) is 0 Å². The summed E-state index contributed by atoms with van der Waals surface area (Å²) in [4.78, 5) is 11.9. The summed E-state index contributed by atoms with van der Waals surface area (Å²) < 4.78 is 5.02. The molecule has 0 spiro atoms. The van der Waals surface area contributed by atoms with Crippen molar-refractivity contribution in [2.75, 3.05) is 13.7 Å². The van der Waals surface area contributed by atoms with Gasteiger partial charge in [-0.05, 0) is 41.8 Å². The van der Waals surface area contributed by atoms with E-state index in [9.17, 15) is 9.90 Å². The van der Waals surface area contributed by atoms with E-state index in [1.54, 1.807) is 12.1 Å². The van der Waals surface area contributed by atoms with Crippen molar-refractivity contribution in [3.63, 3.8) is 0 Å². The number of hydrogen-bond acceptors (Lipinski definition) is 3. The van der Waals surface area contributed by atoms with Crippen LogP contribution >= 0.6 is 11.6 Å². The quantitative estimate of drug-likeness (QED) is 0.860. The van der Waals surface area contributed by atoms with Crippen LogP contribution in [0.5, 0.6) is 11.5 Å². The number of carbonyl (C=O) groups is 1. The number of hydrogen-bond donors (Lipinski definition) is 2. The summed E-state index contributed by atoms with van der Waals surface area (Å²) in [7, 11) is 1.48. The van der Waals surface area contributed by atoms with Crippen LogP contribution in [0.2, 0.25) is 5.02 Å². The molecule has 0 radical (unpaired) electrons. The third kappa shape index (κ3) is 4.67. The molecule has 22 heavy (non-hydrogen) atoms. The van der Waals surface area contributed by atoms with Crippen LogP contribution in [0.3, 0.4) is 0 Å². The zero-order valence-corrected chi connectivity index (χ0v) is 13.1. The lowest BCUT2D eigenvalue weighted by Gasteiger charge is -2.08. The topological polar surface area (TPSA) is 58.6 Å². The molecular weight excluding hydrogens is 302 g/mol. The van der Waals surface area contributed by atoms with Crippen LogP contribution in [0.25, 0.3) is 0 Å². The first-order valence-electron chi connectivity index (χ1n) is 6.95. The van der Waals surface area contributed by atoms with Crippen LogP contribution in [0.15, 0.2) is 42.5 Å². The molecule has 116 valence electrons. The normalized spacial score (nSPS) is 10.3. The molecule has 0 aromatic heterocycles. The largest absolute Gasteiger partial charge is 0.504 e. The molecule has 0 aliphatic carbocycles. The minimum absolute atomic E-state index is 0.0643. The van der Waals surface area contributed by atoms with E-state index in [2.05, 4.69) is 5.32 Å². The zero-order valence-electron chi connectivity index (χ0n) is 12.3. The van der Waals surface area contributed by atoms with Crippen LogP contribution in [-0.4, -0.2) is 24.7 Å². The van der Waals surface area contributed by atoms with E-state index >= 15 is 0 Å². The monoisotopic (exact) mass is 319 g/mol. The summed E-state index contributed by atoms with van der Waals surface area (Å²) in [5, 5.41) is 13.1. The Morgan fingerprint density at radius 3 is 2.55 bits per heavy atom. The lowest BCUT2D eigenvalue weighted by molar-refractivity contribution is -0.120. The van der Waals surface area contributed by atoms with Gasteiger partial charge in [0.1, 0.15) is 0 Å². The van der Waals surface area contributed by atoms with Crippen LogP contribution in [0.1, 0.15) is 11.1 Å². The van der Waals surface area contributed by atoms with Gasteiger partial charge in [0.25, 0.3) is 0 Å². The molecule has 0 heterocycles. The molecule has 2 aromatic rings. The predicted octanol–water partition coefficient (Wildman–Crippen LogP) is 2.96. The summed E-state index contributed by atoms with van der Waals surface area (Å²) in [6.07, 6.45) is 0.999. The van der Waals surface area contributed by atoms with Crippen molar-refractivity contribution in [2.24, 2.45) is 0 Å². The molecular formula is C17H18ClNO3. The molecule has 0 saturated heterocycles. The van der Waals surface area contributed by atoms with Crippen LogP contribution in [-0.2, 0) is 17.6 Å². The Balaban J connectivity index is 1.81. The summed E-state index contributed by atoms with van der Waals surface area (Å²) in [5.74, 6) is 0.363. The molecule has 2 rings (SSSR count). The Hall–Kier alpha value is -2.20. The maximum atomic E-state index is 11.9. The first kappa shape index (κ1) is 16.2. The Morgan fingerprint density at radius 1 is 1.18 bits per heavy atom. The average molecular weight is 320 g/mol. The molecule has 2 aromatic carbocycles. The Bertz CT molecular complexity index is 641. The second kappa shape index (κ2) is 7.71. The van der Waals surface area contributed by atoms with Gasteiger partial charge in [-0.3, -0.25) is 4.79 Å². The lowest BCUT2D eigenvalue weighted by atomic mass is 10.1. The molecule has 1 amide bonds. The number of nitrogens with one attached hydrogen (secondary N) is 1. The molecule has 4 nitrogen and oxygen atoms in total. The number of phenols is 1. The van der Waals surface area contributed by atoms with Gasteiger partial charge in [-0.2, -0.15) is 0 Å². The van der Waals surface area contributed by atoms with Crippen molar-refractivity contribution in [1.82, 2.24) is 5.32 Å². The summed E-state index contributed by atoms with van der Waals surface area (Å²) >= 11 is 5.82. The zero-order chi connectivity index (χ0) is 15.9. The summed E-state index contributed by atoms with van der Waals surface area (Å²) in [5.41, 5.74) is 1.91. The van der Waals surface area contributed by atoms with Crippen molar-refractivity contribution in [3.8, 4) is 11.5 Å². The van der Waals surface area contributed by atoms with E-state index < -0.39 is 0 Å². The van der Waals surface area contributed by atoms with E-state index in [1.807, 2.05) is 24.3 Å². The van der Waals surface area contributed by atoms with E-state index in [-0.39, 0.29) is 18.1 Å². The third-order valence-electron chi connectivity index (χ3n) is 3.26. The van der Waals surface area contributed by atoms with E-state index in [4.69, 9.17) is 16.3 Å². The predicted molar refractivity (Wildman–Crippen MR) is 86.5 cm³/mol. The Labute approximate surface area is 134 Å². The number of amides is 1. The van der Waals surface area contributed by atoms with Gasteiger partial charge in [0.05, 0.1) is 13.5 Å². The number of aromatic hydroxyl groups is 1. The van der Waals surface area contributed by atoms with Gasteiger partial charge in [-0.15, -0.1) is 0 Å². The van der Waals surface area contributed by atoms with Gasteiger partial charge < -0.3 is 15.2 Å². The number of carbonyl (C=O) groups excluding carboxylic acids is 1. The second-order valence-corrected chi connectivity index (χ2v) is 5.35. The Morgan fingerprint density at radius 2 is 1.86 bits per heavy atom. The fraction of sp³-hybridized carbons (Fsp3) is 0.235. The number of phenolic OH excluding ortho intramolecular Hbond substituents is 1. The standard InChI is InChI=1S/C17H18ClNO3/c1-22-16-10-13(4-7-15(16)20)11-17(21)19-9-8-12-2-5-14(18)6-3-12/h2-7,10,20H,8-9,11H2,1H3,(H,19,21). The maximum absolute atomic E-state index is 11.9. The van der Waals surface area contributed by atoms with E-state index in [0.29, 0.717) is 17.3 Å². The first-order valence-corrected chi connectivity index (χ1v) is 7.33. The highest BCUT2D eigenvalue weighted by Crippen LogP contribution is 2.26. The average Bonchev–Trinajstić information content (AvgIpc) is 2.51. The van der Waals surface area contributed by atoms with Gasteiger partial charge in [0.2, 0.25) is 5.91 Å². The minimum atomic E-state index is -0.0679. The van der Waals surface area contributed by atoms with Gasteiger partial charge >= 0.3 is 0 Å². The van der Waals surface area contributed by atoms with Crippen LogP contribution in [0.4, 0.5) is 0 Å². The van der Waals surface area contributed by atoms with Crippen molar-refractivity contribution in [3.05, 3.63) is 58.6 Å². The number of methoxy groups -OCH3 is 1. The smallest absolute Gasteiger partial charge is 0.224 e. The molecule has 2 N–H and O–H groups in total. The van der Waals surface area contributed by atoms with Crippen molar-refractivity contribution < 1.29 is 14.6 Å². The highest BCUT2D eigenvalue weighted by Gasteiger charge is 2.07. The SMILES string of the molecule is COc1cc(CC(=O)NCCc2ccc(Cl)cc2)ccc1O. The van der Waals surface area contributed by atoms with Gasteiger partial charge in [0, 0.05) is 11.6 Å². The molecule has 0 bridgehead atoms. The number of ether oxygens (including phenoxy) is 1. The molecule has 5 heteroatoms. The fourth-order valence-electron chi connectivity index (χ4n) is 2.08. The van der Waals surface area contributed by atoms with Gasteiger partial charge in [-0.25, -0.2) is 0 Å². The van der Waals surface area contributed by atoms with Crippen molar-refractivity contribution in [2.45, 2.75) is 12.8 Å². The number of halogens is 1. The van der Waals surface area contributed by atoms with Crippen molar-refractivity contribution >= 4 is 17.5 Å².